The molecule has 8 heteroatoms. The van der Waals surface area contributed by atoms with Gasteiger partial charge in [-0.25, -0.2) is 10.2 Å². The van der Waals surface area contributed by atoms with Gasteiger partial charge in [0.25, 0.3) is 11.6 Å². The van der Waals surface area contributed by atoms with E-state index in [1.54, 1.807) is 18.2 Å². The lowest BCUT2D eigenvalue weighted by molar-refractivity contribution is -0.384. The van der Waals surface area contributed by atoms with Gasteiger partial charge in [0.2, 0.25) is 0 Å². The molecule has 0 aromatic heterocycles. The van der Waals surface area contributed by atoms with E-state index in [2.05, 4.69) is 10.5 Å². The van der Waals surface area contributed by atoms with Gasteiger partial charge in [-0.3, -0.25) is 14.9 Å². The number of nitro benzene ring substituents is 1. The molecule has 4 rings (SSSR count). The van der Waals surface area contributed by atoms with Crippen LogP contribution in [0.5, 0.6) is 5.75 Å². The number of nitrogens with zero attached hydrogens (tertiary/aromatic N) is 2. The summed E-state index contributed by atoms with van der Waals surface area (Å²) in [4.78, 5) is 35.3. The molecule has 4 aromatic carbocycles. The number of carbonyl (C=O) groups excluding carboxylic acids is 2. The van der Waals surface area contributed by atoms with Gasteiger partial charge >= 0.3 is 5.97 Å². The zero-order chi connectivity index (χ0) is 24.1. The maximum absolute atomic E-state index is 12.7. The molecule has 0 radical (unpaired) electrons. The summed E-state index contributed by atoms with van der Waals surface area (Å²) < 4.78 is 5.65. The van der Waals surface area contributed by atoms with E-state index in [0.717, 1.165) is 16.3 Å². The third kappa shape index (κ3) is 4.97. The minimum Gasteiger partial charge on any atom is -0.422 e. The lowest BCUT2D eigenvalue weighted by Crippen LogP contribution is -2.17. The van der Waals surface area contributed by atoms with Crippen LogP contribution in [-0.2, 0) is 0 Å². The lowest BCUT2D eigenvalue weighted by atomic mass is 10.0. The van der Waals surface area contributed by atoms with Crippen LogP contribution >= 0.6 is 0 Å². The molecule has 0 atom stereocenters. The first-order chi connectivity index (χ1) is 16.4. The number of carbonyl (C=O) groups is 2. The van der Waals surface area contributed by atoms with Crippen molar-refractivity contribution in [2.24, 2.45) is 5.10 Å². The molecule has 168 valence electrons. The number of hydrazone groups is 1. The number of benzene rings is 4. The second-order valence-electron chi connectivity index (χ2n) is 7.46. The molecule has 4 aromatic rings. The average Bonchev–Trinajstić information content (AvgIpc) is 2.85. The number of hydrogen-bond acceptors (Lipinski definition) is 6. The molecule has 1 amide bonds. The molecule has 0 spiro atoms. The standard InChI is InChI=1S/C26H19N3O5/c1-17-6-8-20(9-7-17)26(31)34-24-15-12-18-4-2-3-5-22(18)23(24)16-27-28-25(30)19-10-13-21(14-11-19)29(32)33/h2-16H,1H3,(H,28,30)/b27-16-. The van der Waals surface area contributed by atoms with Crippen LogP contribution in [0.3, 0.4) is 0 Å². The zero-order valence-electron chi connectivity index (χ0n) is 18.1. The Hall–Kier alpha value is -4.85. The van der Waals surface area contributed by atoms with Gasteiger partial charge < -0.3 is 4.74 Å². The lowest BCUT2D eigenvalue weighted by Gasteiger charge is -2.11. The summed E-state index contributed by atoms with van der Waals surface area (Å²) in [6.07, 6.45) is 1.41. The summed E-state index contributed by atoms with van der Waals surface area (Å²) in [5, 5.41) is 16.5. The van der Waals surface area contributed by atoms with Crippen LogP contribution in [0.4, 0.5) is 5.69 Å². The van der Waals surface area contributed by atoms with Crippen molar-refractivity contribution in [3.05, 3.63) is 117 Å². The second kappa shape index (κ2) is 9.74. The van der Waals surface area contributed by atoms with E-state index in [9.17, 15) is 19.7 Å². The summed E-state index contributed by atoms with van der Waals surface area (Å²) in [7, 11) is 0. The fourth-order valence-electron chi connectivity index (χ4n) is 3.30. The molecule has 0 aliphatic heterocycles. The normalized spacial score (nSPS) is 10.9. The number of nitro groups is 1. The second-order valence-corrected chi connectivity index (χ2v) is 7.46. The van der Waals surface area contributed by atoms with Crippen molar-refractivity contribution in [3.8, 4) is 5.75 Å². The quantitative estimate of drug-likeness (QED) is 0.145. The number of hydrogen-bond donors (Lipinski definition) is 1. The van der Waals surface area contributed by atoms with E-state index in [1.165, 1.54) is 30.5 Å². The molecule has 1 N–H and O–H groups in total. The number of nitrogens with one attached hydrogen (secondary N) is 1. The minimum absolute atomic E-state index is 0.115. The highest BCUT2D eigenvalue weighted by Crippen LogP contribution is 2.27. The third-order valence-electron chi connectivity index (χ3n) is 5.12. The number of ether oxygens (including phenoxy) is 1. The van der Waals surface area contributed by atoms with Crippen LogP contribution in [0.25, 0.3) is 10.8 Å². The number of rotatable bonds is 6. The van der Waals surface area contributed by atoms with Gasteiger partial charge in [-0.15, -0.1) is 0 Å². The predicted molar refractivity (Wildman–Crippen MR) is 128 cm³/mol. The number of amides is 1. The zero-order valence-corrected chi connectivity index (χ0v) is 18.1. The van der Waals surface area contributed by atoms with Crippen molar-refractivity contribution in [3.63, 3.8) is 0 Å². The minimum atomic E-state index is -0.542. The molecule has 0 heterocycles. The predicted octanol–water partition coefficient (Wildman–Crippen LogP) is 5.04. The molecular weight excluding hydrogens is 434 g/mol. The van der Waals surface area contributed by atoms with Crippen molar-refractivity contribution < 1.29 is 19.2 Å². The highest BCUT2D eigenvalue weighted by atomic mass is 16.6. The van der Waals surface area contributed by atoms with E-state index in [1.807, 2.05) is 49.4 Å². The Labute approximate surface area is 194 Å². The van der Waals surface area contributed by atoms with Crippen LogP contribution < -0.4 is 10.2 Å². The van der Waals surface area contributed by atoms with Crippen molar-refractivity contribution in [1.82, 2.24) is 5.43 Å². The Morgan fingerprint density at radius 2 is 1.59 bits per heavy atom. The van der Waals surface area contributed by atoms with E-state index >= 15 is 0 Å². The number of non-ortho nitro benzene ring substituents is 1. The van der Waals surface area contributed by atoms with Gasteiger partial charge in [0.15, 0.2) is 0 Å². The number of fused-ring (bicyclic) bond motifs is 1. The molecule has 34 heavy (non-hydrogen) atoms. The fraction of sp³-hybridized carbons (Fsp3) is 0.0385. The van der Waals surface area contributed by atoms with Gasteiger partial charge in [-0.1, -0.05) is 48.0 Å². The fourth-order valence-corrected chi connectivity index (χ4v) is 3.30. The molecule has 8 nitrogen and oxygen atoms in total. The first kappa shape index (κ1) is 22.3. The smallest absolute Gasteiger partial charge is 0.343 e. The van der Waals surface area contributed by atoms with Crippen LogP contribution in [0.2, 0.25) is 0 Å². The maximum atomic E-state index is 12.7. The Bertz CT molecular complexity index is 1410. The van der Waals surface area contributed by atoms with Crippen LogP contribution in [-0.4, -0.2) is 23.0 Å². The highest BCUT2D eigenvalue weighted by molar-refractivity contribution is 6.04. The Balaban J connectivity index is 1.59. The molecule has 0 saturated carbocycles. The van der Waals surface area contributed by atoms with Crippen molar-refractivity contribution in [2.75, 3.05) is 0 Å². The summed E-state index contributed by atoms with van der Waals surface area (Å²) in [5.41, 5.74) is 4.45. The van der Waals surface area contributed by atoms with Gasteiger partial charge in [0.05, 0.1) is 16.7 Å². The molecule has 0 aliphatic rings. The Morgan fingerprint density at radius 3 is 2.29 bits per heavy atom. The Kier molecular flexibility index (Phi) is 6.40. The molecule has 0 unspecified atom stereocenters. The maximum Gasteiger partial charge on any atom is 0.343 e. The van der Waals surface area contributed by atoms with E-state index < -0.39 is 16.8 Å². The Morgan fingerprint density at radius 1 is 0.912 bits per heavy atom. The number of esters is 1. The van der Waals surface area contributed by atoms with Crippen molar-refractivity contribution >= 4 is 34.6 Å². The van der Waals surface area contributed by atoms with E-state index in [-0.39, 0.29) is 17.0 Å². The van der Waals surface area contributed by atoms with E-state index in [4.69, 9.17) is 4.74 Å². The van der Waals surface area contributed by atoms with Gasteiger partial charge in [-0.2, -0.15) is 5.10 Å². The first-order valence-corrected chi connectivity index (χ1v) is 10.3. The van der Waals surface area contributed by atoms with Crippen molar-refractivity contribution in [2.45, 2.75) is 6.92 Å². The summed E-state index contributed by atoms with van der Waals surface area (Å²) >= 11 is 0. The van der Waals surface area contributed by atoms with Crippen molar-refractivity contribution in [1.29, 1.82) is 0 Å². The number of aryl methyl sites for hydroxylation is 1. The van der Waals surface area contributed by atoms with E-state index in [0.29, 0.717) is 11.1 Å². The monoisotopic (exact) mass is 453 g/mol. The third-order valence-corrected chi connectivity index (χ3v) is 5.12. The topological polar surface area (TPSA) is 111 Å². The SMILES string of the molecule is Cc1ccc(C(=O)Oc2ccc3ccccc3c2/C=N\NC(=O)c2ccc([N+](=O)[O-])cc2)cc1. The average molecular weight is 453 g/mol. The van der Waals surface area contributed by atoms with Gasteiger partial charge in [-0.05, 0) is 48.0 Å². The molecule has 0 bridgehead atoms. The summed E-state index contributed by atoms with van der Waals surface area (Å²) in [6, 6.07) is 23.2. The van der Waals surface area contributed by atoms with Gasteiger partial charge in [0, 0.05) is 23.3 Å². The molecular formula is C26H19N3O5. The highest BCUT2D eigenvalue weighted by Gasteiger charge is 2.14. The van der Waals surface area contributed by atoms with Crippen LogP contribution in [0.15, 0.2) is 90.0 Å². The first-order valence-electron chi connectivity index (χ1n) is 10.3. The molecule has 0 saturated heterocycles. The summed E-state index contributed by atoms with van der Waals surface area (Å²) in [5.74, 6) is -0.762. The van der Waals surface area contributed by atoms with Crippen LogP contribution in [0, 0.1) is 17.0 Å². The van der Waals surface area contributed by atoms with Gasteiger partial charge in [0.1, 0.15) is 5.75 Å². The summed E-state index contributed by atoms with van der Waals surface area (Å²) in [6.45, 7) is 1.93. The van der Waals surface area contributed by atoms with Crippen LogP contribution in [0.1, 0.15) is 31.8 Å². The largest absolute Gasteiger partial charge is 0.422 e. The molecule has 0 fully saturated rings. The molecule has 0 aliphatic carbocycles.